The molecule has 0 radical (unpaired) electrons. The number of aryl methyl sites for hydroxylation is 1. The van der Waals surface area contributed by atoms with Gasteiger partial charge >= 0.3 is 16.3 Å². The van der Waals surface area contributed by atoms with Crippen LogP contribution in [0.2, 0.25) is 0 Å². The van der Waals surface area contributed by atoms with E-state index in [4.69, 9.17) is 13.7 Å². The summed E-state index contributed by atoms with van der Waals surface area (Å²) in [7, 11) is -4.11. The van der Waals surface area contributed by atoms with Crippen LogP contribution in [0.5, 0.6) is 5.75 Å². The van der Waals surface area contributed by atoms with Crippen molar-refractivity contribution in [2.45, 2.75) is 58.1 Å². The Labute approximate surface area is 255 Å². The van der Waals surface area contributed by atoms with Crippen LogP contribution in [-0.2, 0) is 30.6 Å². The van der Waals surface area contributed by atoms with E-state index in [1.54, 1.807) is 0 Å². The molecule has 2 saturated heterocycles. The molecule has 8 nitrogen and oxygen atoms in total. The fourth-order valence-corrected chi connectivity index (χ4v) is 7.04. The van der Waals surface area contributed by atoms with Gasteiger partial charge in [0.25, 0.3) is 0 Å². The molecular weight excluding hydrogens is 564 g/mol. The maximum Gasteiger partial charge on any atom is 0.387 e. The third kappa shape index (κ3) is 8.44. The highest BCUT2D eigenvalue weighted by Gasteiger charge is 2.35. The first-order valence-corrected chi connectivity index (χ1v) is 16.6. The lowest BCUT2D eigenvalue weighted by molar-refractivity contribution is -0.143. The monoisotopic (exact) mass is 606 g/mol. The molecule has 0 aliphatic carbocycles. The Hall–Kier alpha value is -3.24. The van der Waals surface area contributed by atoms with E-state index < -0.39 is 22.2 Å². The van der Waals surface area contributed by atoms with Crippen LogP contribution in [0.25, 0.3) is 11.1 Å². The van der Waals surface area contributed by atoms with Crippen molar-refractivity contribution in [2.75, 3.05) is 32.8 Å². The summed E-state index contributed by atoms with van der Waals surface area (Å²) < 4.78 is 43.5. The molecule has 0 aromatic heterocycles. The third-order valence-electron chi connectivity index (χ3n) is 8.36. The summed E-state index contributed by atoms with van der Waals surface area (Å²) in [6, 6.07) is 25.0. The lowest BCUT2D eigenvalue weighted by Gasteiger charge is -2.31. The third-order valence-corrected chi connectivity index (χ3v) is 9.73. The van der Waals surface area contributed by atoms with Crippen LogP contribution in [0.4, 0.5) is 0 Å². The normalized spacial score (nSPS) is 20.0. The molecule has 43 heavy (non-hydrogen) atoms. The van der Waals surface area contributed by atoms with Crippen LogP contribution >= 0.6 is 0 Å². The molecule has 2 heterocycles. The largest absolute Gasteiger partial charge is 0.492 e. The lowest BCUT2D eigenvalue weighted by atomic mass is 9.87. The molecule has 3 aromatic rings. The van der Waals surface area contributed by atoms with Gasteiger partial charge in [-0.2, -0.15) is 12.7 Å². The molecule has 2 unspecified atom stereocenters. The number of nitrogens with one attached hydrogen (secondary N) is 1. The Balaban J connectivity index is 1.12. The minimum Gasteiger partial charge on any atom is -0.492 e. The van der Waals surface area contributed by atoms with Crippen molar-refractivity contribution in [1.29, 1.82) is 0 Å². The zero-order valence-electron chi connectivity index (χ0n) is 25.0. The molecule has 1 N–H and O–H groups in total. The standard InChI is InChI=1S/C34H42N2O6S/c1-25-21-29(28-13-17-36(18-14-28)43(38,39)42-34(37)31-15-19-40-26(2)22-31)11-12-33(25)30-9-6-10-32(23-30)41-20-16-35-24-27-7-4-3-5-8-27/h3-12,21,23,26,28,31,35H,13-20,22,24H2,1-2H3. The maximum atomic E-state index is 12.8. The first-order valence-electron chi connectivity index (χ1n) is 15.2. The van der Waals surface area contributed by atoms with Gasteiger partial charge in [0.2, 0.25) is 0 Å². The molecule has 0 bridgehead atoms. The Bertz CT molecular complexity index is 1470. The maximum absolute atomic E-state index is 12.8. The molecule has 0 amide bonds. The minimum atomic E-state index is -4.11. The van der Waals surface area contributed by atoms with Crippen molar-refractivity contribution in [2.24, 2.45) is 5.92 Å². The lowest BCUT2D eigenvalue weighted by Crippen LogP contribution is -2.41. The number of ether oxygens (including phenoxy) is 2. The Morgan fingerprint density at radius 3 is 2.53 bits per heavy atom. The molecule has 9 heteroatoms. The number of piperidine rings is 1. The van der Waals surface area contributed by atoms with Crippen molar-refractivity contribution in [1.82, 2.24) is 9.62 Å². The summed E-state index contributed by atoms with van der Waals surface area (Å²) in [5.74, 6) is -0.0307. The summed E-state index contributed by atoms with van der Waals surface area (Å²) in [5.41, 5.74) is 5.85. The fraction of sp³-hybridized carbons (Fsp3) is 0.441. The van der Waals surface area contributed by atoms with Gasteiger partial charge in [0, 0.05) is 32.8 Å². The van der Waals surface area contributed by atoms with Crippen molar-refractivity contribution < 1.29 is 26.9 Å². The van der Waals surface area contributed by atoms with E-state index in [1.165, 1.54) is 15.4 Å². The van der Waals surface area contributed by atoms with Crippen molar-refractivity contribution in [3.63, 3.8) is 0 Å². The van der Waals surface area contributed by atoms with Crippen LogP contribution in [0.1, 0.15) is 55.2 Å². The highest BCUT2D eigenvalue weighted by Crippen LogP contribution is 2.34. The van der Waals surface area contributed by atoms with Crippen LogP contribution in [-0.4, -0.2) is 57.6 Å². The molecule has 0 spiro atoms. The summed E-state index contributed by atoms with van der Waals surface area (Å²) >= 11 is 0. The number of carbonyl (C=O) groups excluding carboxylic acids is 1. The van der Waals surface area contributed by atoms with Gasteiger partial charge in [0.1, 0.15) is 12.4 Å². The quantitative estimate of drug-likeness (QED) is 0.284. The van der Waals surface area contributed by atoms with E-state index in [-0.39, 0.29) is 12.0 Å². The van der Waals surface area contributed by atoms with Gasteiger partial charge < -0.3 is 19.0 Å². The van der Waals surface area contributed by atoms with Crippen LogP contribution in [0.3, 0.4) is 0 Å². The van der Waals surface area contributed by atoms with Gasteiger partial charge in [-0.3, -0.25) is 4.79 Å². The number of hydrogen-bond donors (Lipinski definition) is 1. The van der Waals surface area contributed by atoms with E-state index in [1.807, 2.05) is 37.3 Å². The predicted molar refractivity (Wildman–Crippen MR) is 167 cm³/mol. The van der Waals surface area contributed by atoms with Gasteiger partial charge in [-0.1, -0.05) is 60.7 Å². The minimum absolute atomic E-state index is 0.0743. The van der Waals surface area contributed by atoms with Crippen molar-refractivity contribution >= 4 is 16.3 Å². The summed E-state index contributed by atoms with van der Waals surface area (Å²) in [6.07, 6.45) is 2.24. The molecule has 2 aliphatic rings. The summed E-state index contributed by atoms with van der Waals surface area (Å²) in [5, 5.41) is 3.41. The predicted octanol–water partition coefficient (Wildman–Crippen LogP) is 5.61. The van der Waals surface area contributed by atoms with Gasteiger partial charge in [0.15, 0.2) is 0 Å². The average Bonchev–Trinajstić information content (AvgIpc) is 3.01. The van der Waals surface area contributed by atoms with Gasteiger partial charge in [-0.15, -0.1) is 0 Å². The SMILES string of the molecule is Cc1cc(C2CCN(S(=O)(=O)OC(=O)C3CCOC(C)C3)CC2)ccc1-c1cccc(OCCNCc2ccccc2)c1. The number of benzene rings is 3. The molecule has 3 aromatic carbocycles. The zero-order chi connectivity index (χ0) is 30.2. The first kappa shape index (κ1) is 31.2. The molecular formula is C34H42N2O6S. The molecule has 2 aliphatic heterocycles. The number of nitrogens with zero attached hydrogens (tertiary/aromatic N) is 1. The number of hydrogen-bond acceptors (Lipinski definition) is 7. The van der Waals surface area contributed by atoms with Crippen molar-refractivity contribution in [3.8, 4) is 16.9 Å². The molecule has 0 saturated carbocycles. The van der Waals surface area contributed by atoms with E-state index in [9.17, 15) is 13.2 Å². The van der Waals surface area contributed by atoms with E-state index in [0.29, 0.717) is 52.0 Å². The second-order valence-electron chi connectivity index (χ2n) is 11.5. The van der Waals surface area contributed by atoms with E-state index in [2.05, 4.69) is 54.7 Å². The van der Waals surface area contributed by atoms with Crippen molar-refractivity contribution in [3.05, 3.63) is 89.5 Å². The fourth-order valence-electron chi connectivity index (χ4n) is 5.94. The van der Waals surface area contributed by atoms with Gasteiger partial charge in [-0.05, 0) is 85.4 Å². The Kier molecular flexibility index (Phi) is 10.5. The van der Waals surface area contributed by atoms with Crippen LogP contribution in [0.15, 0.2) is 72.8 Å². The zero-order valence-corrected chi connectivity index (χ0v) is 25.9. The van der Waals surface area contributed by atoms with Gasteiger partial charge in [-0.25, -0.2) is 0 Å². The molecule has 5 rings (SSSR count). The molecule has 230 valence electrons. The topological polar surface area (TPSA) is 94.2 Å². The smallest absolute Gasteiger partial charge is 0.387 e. The highest BCUT2D eigenvalue weighted by molar-refractivity contribution is 7.84. The Morgan fingerprint density at radius 1 is 1.00 bits per heavy atom. The summed E-state index contributed by atoms with van der Waals surface area (Å²) in [6.45, 7) is 7.23. The second kappa shape index (κ2) is 14.5. The molecule has 2 fully saturated rings. The van der Waals surface area contributed by atoms with E-state index in [0.717, 1.165) is 35.5 Å². The number of rotatable bonds is 11. The first-order chi connectivity index (χ1) is 20.8. The van der Waals surface area contributed by atoms with E-state index >= 15 is 0 Å². The van der Waals surface area contributed by atoms with Gasteiger partial charge in [0.05, 0.1) is 12.0 Å². The molecule has 2 atom stereocenters. The van der Waals surface area contributed by atoms with Crippen LogP contribution < -0.4 is 10.1 Å². The highest BCUT2D eigenvalue weighted by atomic mass is 32.2. The summed E-state index contributed by atoms with van der Waals surface area (Å²) in [4.78, 5) is 12.5. The van der Waals surface area contributed by atoms with Crippen LogP contribution in [0, 0.1) is 12.8 Å². The average molecular weight is 607 g/mol. The number of carbonyl (C=O) groups is 1. The second-order valence-corrected chi connectivity index (χ2v) is 13.1. The Morgan fingerprint density at radius 2 is 1.79 bits per heavy atom.